The van der Waals surface area contributed by atoms with Gasteiger partial charge in [-0.2, -0.15) is 0 Å². The molecule has 1 heterocycles. The summed E-state index contributed by atoms with van der Waals surface area (Å²) in [6.45, 7) is 8.28. The number of likely N-dealkylation sites (N-methyl/N-ethyl adjacent to an activating group) is 1. The number of para-hydroxylation sites is 1. The Morgan fingerprint density at radius 3 is 2.46 bits per heavy atom. The Kier molecular flexibility index (Phi) is 7.54. The predicted molar refractivity (Wildman–Crippen MR) is 115 cm³/mol. The minimum Gasteiger partial charge on any atom is -0.341 e. The second-order valence-electron chi connectivity index (χ2n) is 6.85. The lowest BCUT2D eigenvalue weighted by atomic mass is 10.1. The third kappa shape index (κ3) is 5.26. The van der Waals surface area contributed by atoms with E-state index in [-0.39, 0.29) is 6.04 Å². The maximum absolute atomic E-state index is 5.83. The Balaban J connectivity index is 2.26. The molecule has 0 bridgehead atoms. The van der Waals surface area contributed by atoms with Crippen LogP contribution in [0.5, 0.6) is 0 Å². The van der Waals surface area contributed by atoms with Crippen molar-refractivity contribution in [2.45, 2.75) is 33.2 Å². The van der Waals surface area contributed by atoms with Crippen LogP contribution in [0, 0.1) is 6.92 Å². The van der Waals surface area contributed by atoms with Gasteiger partial charge in [0.15, 0.2) is 5.11 Å². The molecule has 1 N–H and O–H groups in total. The Labute approximate surface area is 163 Å². The molecule has 0 saturated carbocycles. The van der Waals surface area contributed by atoms with Crippen molar-refractivity contribution >= 4 is 23.0 Å². The van der Waals surface area contributed by atoms with Gasteiger partial charge in [0, 0.05) is 31.2 Å². The lowest BCUT2D eigenvalue weighted by Gasteiger charge is -2.33. The highest BCUT2D eigenvalue weighted by Gasteiger charge is 2.20. The lowest BCUT2D eigenvalue weighted by Crippen LogP contribution is -2.41. The highest BCUT2D eigenvalue weighted by molar-refractivity contribution is 7.80. The summed E-state index contributed by atoms with van der Waals surface area (Å²) < 4.78 is 0. The third-order valence-corrected chi connectivity index (χ3v) is 5.01. The second-order valence-corrected chi connectivity index (χ2v) is 7.23. The summed E-state index contributed by atoms with van der Waals surface area (Å²) in [5.41, 5.74) is 4.85. The van der Waals surface area contributed by atoms with E-state index >= 15 is 0 Å². The van der Waals surface area contributed by atoms with Crippen LogP contribution in [-0.2, 0) is 6.42 Å². The molecular weight excluding hydrogens is 340 g/mol. The van der Waals surface area contributed by atoms with Gasteiger partial charge in [0.25, 0.3) is 0 Å². The van der Waals surface area contributed by atoms with Crippen molar-refractivity contribution in [2.24, 2.45) is 0 Å². The molecule has 5 heteroatoms. The van der Waals surface area contributed by atoms with Gasteiger partial charge in [-0.3, -0.25) is 4.98 Å². The number of nitrogens with one attached hydrogen (secondary N) is 1. The molecule has 0 fully saturated rings. The number of aryl methyl sites for hydroxylation is 2. The number of nitrogens with zero attached hydrogens (tertiary/aromatic N) is 3. The summed E-state index contributed by atoms with van der Waals surface area (Å²) in [5.74, 6) is 0. The Morgan fingerprint density at radius 1 is 1.15 bits per heavy atom. The maximum atomic E-state index is 5.83. The maximum Gasteiger partial charge on any atom is 0.173 e. The molecule has 2 rings (SSSR count). The molecule has 1 atom stereocenters. The lowest BCUT2D eigenvalue weighted by molar-refractivity contribution is 0.289. The van der Waals surface area contributed by atoms with Gasteiger partial charge in [-0.1, -0.05) is 25.1 Å². The number of aromatic nitrogens is 1. The van der Waals surface area contributed by atoms with Gasteiger partial charge in [-0.15, -0.1) is 0 Å². The first kappa shape index (κ1) is 20.3. The van der Waals surface area contributed by atoms with Gasteiger partial charge >= 0.3 is 0 Å². The largest absolute Gasteiger partial charge is 0.341 e. The van der Waals surface area contributed by atoms with E-state index in [2.05, 4.69) is 85.3 Å². The number of anilines is 1. The molecule has 0 spiro atoms. The first-order chi connectivity index (χ1) is 12.4. The zero-order valence-corrected chi connectivity index (χ0v) is 17.3. The molecule has 0 aliphatic carbocycles. The van der Waals surface area contributed by atoms with Gasteiger partial charge in [-0.05, 0) is 75.4 Å². The number of hydrogen-bond acceptors (Lipinski definition) is 3. The number of benzene rings is 1. The molecule has 0 amide bonds. The van der Waals surface area contributed by atoms with Gasteiger partial charge in [-0.25, -0.2) is 0 Å². The molecule has 0 aliphatic heterocycles. The van der Waals surface area contributed by atoms with Crippen LogP contribution < -0.4 is 5.32 Å². The summed E-state index contributed by atoms with van der Waals surface area (Å²) in [6, 6.07) is 10.7. The van der Waals surface area contributed by atoms with Crippen molar-refractivity contribution < 1.29 is 0 Å². The third-order valence-electron chi connectivity index (χ3n) is 4.68. The quantitative estimate of drug-likeness (QED) is 0.736. The molecule has 0 saturated heterocycles. The van der Waals surface area contributed by atoms with Crippen molar-refractivity contribution in [3.05, 3.63) is 59.4 Å². The zero-order chi connectivity index (χ0) is 19.1. The first-order valence-electron chi connectivity index (χ1n) is 9.14. The summed E-state index contributed by atoms with van der Waals surface area (Å²) in [6.07, 6.45) is 4.65. The fourth-order valence-electron chi connectivity index (χ4n) is 2.98. The van der Waals surface area contributed by atoms with E-state index in [4.69, 9.17) is 12.2 Å². The van der Waals surface area contributed by atoms with Crippen LogP contribution in [-0.4, -0.2) is 47.1 Å². The Bertz CT molecular complexity index is 715. The fraction of sp³-hybridized carbons (Fsp3) is 0.429. The monoisotopic (exact) mass is 370 g/mol. The van der Waals surface area contributed by atoms with Crippen LogP contribution >= 0.6 is 12.2 Å². The summed E-state index contributed by atoms with van der Waals surface area (Å²) in [4.78, 5) is 8.57. The molecule has 0 radical (unpaired) electrons. The van der Waals surface area contributed by atoms with Crippen molar-refractivity contribution in [3.8, 4) is 0 Å². The minimum atomic E-state index is 0.173. The molecule has 4 nitrogen and oxygen atoms in total. The van der Waals surface area contributed by atoms with Crippen LogP contribution in [0.4, 0.5) is 5.69 Å². The summed E-state index contributed by atoms with van der Waals surface area (Å²) >= 11 is 5.83. The first-order valence-corrected chi connectivity index (χ1v) is 9.55. The molecular formula is C21H30N4S. The van der Waals surface area contributed by atoms with Crippen molar-refractivity contribution in [3.63, 3.8) is 0 Å². The summed E-state index contributed by atoms with van der Waals surface area (Å²) in [5, 5.41) is 4.29. The van der Waals surface area contributed by atoms with Crippen LogP contribution in [0.3, 0.4) is 0 Å². The van der Waals surface area contributed by atoms with E-state index in [0.717, 1.165) is 30.3 Å². The summed E-state index contributed by atoms with van der Waals surface area (Å²) in [7, 11) is 4.17. The standard InChI is InChI=1S/C21H30N4S/c1-6-18-9-7-8-16(2)20(18)23-21(26)25(15-14-24(4)5)17(3)19-10-12-22-13-11-19/h7-13,17H,6,14-15H2,1-5H3,(H,23,26)/t17-/m0/s1. The van der Waals surface area contributed by atoms with E-state index in [1.807, 2.05) is 12.4 Å². The number of hydrogen-bond donors (Lipinski definition) is 1. The number of pyridine rings is 1. The fourth-order valence-corrected chi connectivity index (χ4v) is 3.33. The van der Waals surface area contributed by atoms with Gasteiger partial charge < -0.3 is 15.1 Å². The molecule has 1 aromatic heterocycles. The Hall–Kier alpha value is -1.98. The molecule has 1 aromatic carbocycles. The van der Waals surface area contributed by atoms with Crippen molar-refractivity contribution in [1.82, 2.24) is 14.8 Å². The van der Waals surface area contributed by atoms with Crippen LogP contribution in [0.1, 0.15) is 36.6 Å². The average molecular weight is 371 g/mol. The second kappa shape index (κ2) is 9.64. The van der Waals surface area contributed by atoms with Gasteiger partial charge in [0.1, 0.15) is 0 Å². The number of rotatable bonds is 7. The highest BCUT2D eigenvalue weighted by Crippen LogP contribution is 2.24. The average Bonchev–Trinajstić information content (AvgIpc) is 2.63. The van der Waals surface area contributed by atoms with Crippen molar-refractivity contribution in [2.75, 3.05) is 32.5 Å². The Morgan fingerprint density at radius 2 is 1.85 bits per heavy atom. The van der Waals surface area contributed by atoms with Crippen LogP contribution in [0.25, 0.3) is 0 Å². The van der Waals surface area contributed by atoms with Gasteiger partial charge in [0.2, 0.25) is 0 Å². The smallest absolute Gasteiger partial charge is 0.173 e. The van der Waals surface area contributed by atoms with Crippen LogP contribution in [0.15, 0.2) is 42.7 Å². The molecule has 0 unspecified atom stereocenters. The molecule has 0 aliphatic rings. The number of thiocarbonyl (C=S) groups is 1. The van der Waals surface area contributed by atoms with E-state index in [9.17, 15) is 0 Å². The molecule has 2 aromatic rings. The van der Waals surface area contributed by atoms with E-state index in [1.54, 1.807) is 0 Å². The van der Waals surface area contributed by atoms with Crippen molar-refractivity contribution in [1.29, 1.82) is 0 Å². The molecule has 26 heavy (non-hydrogen) atoms. The van der Waals surface area contributed by atoms with E-state index in [1.165, 1.54) is 16.7 Å². The topological polar surface area (TPSA) is 31.4 Å². The van der Waals surface area contributed by atoms with Crippen LogP contribution in [0.2, 0.25) is 0 Å². The zero-order valence-electron chi connectivity index (χ0n) is 16.5. The SMILES string of the molecule is CCc1cccc(C)c1NC(=S)N(CCN(C)C)[C@@H](C)c1ccncc1. The normalized spacial score (nSPS) is 12.1. The molecule has 140 valence electrons. The van der Waals surface area contributed by atoms with E-state index < -0.39 is 0 Å². The van der Waals surface area contributed by atoms with Gasteiger partial charge in [0.05, 0.1) is 6.04 Å². The predicted octanol–water partition coefficient (Wildman–Crippen LogP) is 4.27. The minimum absolute atomic E-state index is 0.173. The van der Waals surface area contributed by atoms with E-state index in [0.29, 0.717) is 0 Å². The highest BCUT2D eigenvalue weighted by atomic mass is 32.1.